The van der Waals surface area contributed by atoms with Crippen molar-refractivity contribution in [1.29, 1.82) is 0 Å². The minimum absolute atomic E-state index is 0.0425. The highest BCUT2D eigenvalue weighted by Gasteiger charge is 2.39. The first-order chi connectivity index (χ1) is 18.5. The van der Waals surface area contributed by atoms with Crippen LogP contribution in [0.2, 0.25) is 0 Å². The molecule has 0 saturated carbocycles. The van der Waals surface area contributed by atoms with Gasteiger partial charge in [-0.25, -0.2) is 9.97 Å². The van der Waals surface area contributed by atoms with Crippen LogP contribution < -0.4 is 5.73 Å². The lowest BCUT2D eigenvalue weighted by Crippen LogP contribution is -2.41. The van der Waals surface area contributed by atoms with Gasteiger partial charge in [-0.2, -0.15) is 13.2 Å². The second-order valence-electron chi connectivity index (χ2n) is 10.4. The summed E-state index contributed by atoms with van der Waals surface area (Å²) >= 11 is 0. The molecule has 8 nitrogen and oxygen atoms in total. The average Bonchev–Trinajstić information content (AvgIpc) is 3.50. The molecular formula is C28H27F3N6O2. The molecule has 0 radical (unpaired) electrons. The second-order valence-corrected chi connectivity index (χ2v) is 10.4. The van der Waals surface area contributed by atoms with Gasteiger partial charge in [0.2, 0.25) is 5.91 Å². The third kappa shape index (κ3) is 4.30. The summed E-state index contributed by atoms with van der Waals surface area (Å²) in [5.74, 6) is 1.34. The number of anilines is 1. The zero-order chi connectivity index (χ0) is 27.5. The molecule has 4 aromatic rings. The first-order valence-electron chi connectivity index (χ1n) is 12.8. The first-order valence-corrected chi connectivity index (χ1v) is 12.8. The first kappa shape index (κ1) is 25.3. The lowest BCUT2D eigenvalue weighted by atomic mass is 9.87. The lowest BCUT2D eigenvalue weighted by molar-refractivity contribution is -0.141. The van der Waals surface area contributed by atoms with Crippen molar-refractivity contribution in [3.63, 3.8) is 0 Å². The number of nitrogens with zero attached hydrogens (tertiary/aromatic N) is 5. The Morgan fingerprint density at radius 1 is 1.03 bits per heavy atom. The number of aliphatic hydroxyl groups is 1. The van der Waals surface area contributed by atoms with Crippen molar-refractivity contribution < 1.29 is 23.1 Å². The number of hydrogen-bond donors (Lipinski definition) is 2. The third-order valence-electron chi connectivity index (χ3n) is 8.03. The molecule has 202 valence electrons. The second kappa shape index (κ2) is 9.04. The molecule has 3 N–H and O–H groups in total. The van der Waals surface area contributed by atoms with Crippen molar-refractivity contribution >= 4 is 17.2 Å². The molecule has 11 heteroatoms. The Hall–Kier alpha value is -3.99. The van der Waals surface area contributed by atoms with Crippen LogP contribution in [0.1, 0.15) is 61.2 Å². The van der Waals surface area contributed by atoms with E-state index in [2.05, 4.69) is 9.97 Å². The van der Waals surface area contributed by atoms with Gasteiger partial charge in [0, 0.05) is 49.1 Å². The molecule has 0 unspecified atom stereocenters. The van der Waals surface area contributed by atoms with Crippen molar-refractivity contribution in [1.82, 2.24) is 24.3 Å². The zero-order valence-electron chi connectivity index (χ0n) is 21.2. The lowest BCUT2D eigenvalue weighted by Gasteiger charge is -2.34. The number of imidazole rings is 1. The summed E-state index contributed by atoms with van der Waals surface area (Å²) in [4.78, 5) is 27.0. The van der Waals surface area contributed by atoms with Gasteiger partial charge in [-0.15, -0.1) is 0 Å². The summed E-state index contributed by atoms with van der Waals surface area (Å²) in [5, 5.41) is 11.2. The van der Waals surface area contributed by atoms with Gasteiger partial charge in [0.05, 0.1) is 0 Å². The summed E-state index contributed by atoms with van der Waals surface area (Å²) < 4.78 is 41.5. The van der Waals surface area contributed by atoms with Gasteiger partial charge in [-0.3, -0.25) is 14.2 Å². The fourth-order valence-electron chi connectivity index (χ4n) is 5.86. The van der Waals surface area contributed by atoms with E-state index in [-0.39, 0.29) is 17.4 Å². The monoisotopic (exact) mass is 536 g/mol. The van der Waals surface area contributed by atoms with E-state index in [0.29, 0.717) is 41.6 Å². The van der Waals surface area contributed by atoms with E-state index in [9.17, 15) is 23.1 Å². The summed E-state index contributed by atoms with van der Waals surface area (Å²) in [5.41, 5.74) is 5.99. The van der Waals surface area contributed by atoms with E-state index < -0.39 is 17.5 Å². The average molecular weight is 537 g/mol. The number of alkyl halides is 3. The van der Waals surface area contributed by atoms with Crippen LogP contribution in [0, 0.1) is 0 Å². The van der Waals surface area contributed by atoms with E-state index >= 15 is 0 Å². The van der Waals surface area contributed by atoms with E-state index in [0.717, 1.165) is 42.9 Å². The zero-order valence-corrected chi connectivity index (χ0v) is 21.2. The number of halogens is 3. The number of carbonyl (C=O) groups is 1. The fraction of sp³-hybridized carbons (Fsp3) is 0.357. The molecule has 39 heavy (non-hydrogen) atoms. The maximum atomic E-state index is 13.2. The molecule has 2 aliphatic rings. The molecule has 3 atom stereocenters. The van der Waals surface area contributed by atoms with Gasteiger partial charge >= 0.3 is 6.18 Å². The number of pyridine rings is 1. The van der Waals surface area contributed by atoms with Gasteiger partial charge in [0.15, 0.2) is 0 Å². The largest absolute Gasteiger partial charge is 0.433 e. The molecule has 2 saturated heterocycles. The summed E-state index contributed by atoms with van der Waals surface area (Å²) in [6.07, 6.45) is 3.19. The molecule has 2 aliphatic heterocycles. The normalized spacial score (nSPS) is 21.3. The van der Waals surface area contributed by atoms with E-state index in [1.807, 2.05) is 15.5 Å². The van der Waals surface area contributed by atoms with Gasteiger partial charge in [0.1, 0.15) is 34.1 Å². The topological polar surface area (TPSA) is 110 Å². The molecule has 6 rings (SSSR count). The van der Waals surface area contributed by atoms with Gasteiger partial charge in [0.25, 0.3) is 0 Å². The fourth-order valence-corrected chi connectivity index (χ4v) is 5.86. The Kier molecular flexibility index (Phi) is 5.87. The highest BCUT2D eigenvalue weighted by atomic mass is 19.4. The van der Waals surface area contributed by atoms with Gasteiger partial charge in [-0.1, -0.05) is 24.3 Å². The minimum Gasteiger partial charge on any atom is -0.382 e. The van der Waals surface area contributed by atoms with E-state index in [4.69, 9.17) is 10.7 Å². The quantitative estimate of drug-likeness (QED) is 0.397. The Labute approximate surface area is 222 Å². The number of nitrogens with two attached hydrogens (primary N) is 1. The highest BCUT2D eigenvalue weighted by molar-refractivity contribution is 5.85. The Morgan fingerprint density at radius 2 is 1.79 bits per heavy atom. The third-order valence-corrected chi connectivity index (χ3v) is 8.03. The van der Waals surface area contributed by atoms with Crippen LogP contribution in [0.4, 0.5) is 19.0 Å². The van der Waals surface area contributed by atoms with Crippen LogP contribution in [-0.2, 0) is 16.6 Å². The predicted molar refractivity (Wildman–Crippen MR) is 137 cm³/mol. The summed E-state index contributed by atoms with van der Waals surface area (Å²) in [6.45, 7) is 2.05. The van der Waals surface area contributed by atoms with Crippen LogP contribution in [0.25, 0.3) is 16.8 Å². The van der Waals surface area contributed by atoms with Crippen molar-refractivity contribution in [2.75, 3.05) is 12.3 Å². The molecule has 1 amide bonds. The Morgan fingerprint density at radius 3 is 2.54 bits per heavy atom. The number of carbonyl (C=O) groups excluding carboxylic acids is 1. The predicted octanol–water partition coefficient (Wildman–Crippen LogP) is 4.52. The number of hydrogen-bond acceptors (Lipinski definition) is 6. The van der Waals surface area contributed by atoms with E-state index in [1.165, 1.54) is 13.0 Å². The maximum absolute atomic E-state index is 13.2. The maximum Gasteiger partial charge on any atom is 0.433 e. The summed E-state index contributed by atoms with van der Waals surface area (Å²) in [7, 11) is 0. The Bertz CT molecular complexity index is 1560. The highest BCUT2D eigenvalue weighted by Crippen LogP contribution is 2.39. The molecule has 3 aromatic heterocycles. The SMILES string of the molecule is C[C@](O)(c1ccc(-c2nc([C@@H]3CC[C@H]4CCC(=O)N4C3)n3ccnc(N)c23)cc1)c1ccnc(C(F)(F)F)c1. The summed E-state index contributed by atoms with van der Waals surface area (Å²) in [6, 6.07) is 9.37. The van der Waals surface area contributed by atoms with Crippen LogP contribution >= 0.6 is 0 Å². The van der Waals surface area contributed by atoms with Gasteiger partial charge in [-0.05, 0) is 49.4 Å². The minimum atomic E-state index is -4.62. The van der Waals surface area contributed by atoms with Gasteiger partial charge < -0.3 is 15.7 Å². The van der Waals surface area contributed by atoms with Crippen molar-refractivity contribution in [3.8, 4) is 11.3 Å². The van der Waals surface area contributed by atoms with E-state index in [1.54, 1.807) is 30.5 Å². The number of fused-ring (bicyclic) bond motifs is 2. The molecular weight excluding hydrogens is 509 g/mol. The van der Waals surface area contributed by atoms with Crippen LogP contribution in [0.5, 0.6) is 0 Å². The number of rotatable bonds is 4. The molecule has 5 heterocycles. The number of piperidine rings is 1. The van der Waals surface area contributed by atoms with Crippen LogP contribution in [0.15, 0.2) is 55.0 Å². The van der Waals surface area contributed by atoms with Crippen molar-refractivity contribution in [3.05, 3.63) is 77.6 Å². The number of aromatic nitrogens is 4. The molecule has 2 fully saturated rings. The molecule has 0 spiro atoms. The molecule has 1 aromatic carbocycles. The molecule has 0 bridgehead atoms. The van der Waals surface area contributed by atoms with Crippen molar-refractivity contribution in [2.45, 2.75) is 56.3 Å². The van der Waals surface area contributed by atoms with Crippen LogP contribution in [0.3, 0.4) is 0 Å². The number of benzene rings is 1. The number of nitrogen functional groups attached to an aromatic ring is 1. The molecule has 0 aliphatic carbocycles. The standard InChI is InChI=1S/C28H27F3N6O2/c1-27(39,19-10-11-33-21(14-19)28(29,30)31)18-5-2-16(3-6-18)23-24-25(32)34-12-13-36(24)26(35-23)17-4-7-20-8-9-22(38)37(20)15-17/h2-3,5-6,10-14,17,20,39H,4,7-9,15H2,1H3,(H2,32,34)/t17-,20+,27+/m1/s1. The van der Waals surface area contributed by atoms with Crippen molar-refractivity contribution in [2.24, 2.45) is 0 Å². The number of amides is 1. The Balaban J connectivity index is 1.36. The van der Waals surface area contributed by atoms with Crippen LogP contribution in [-0.4, -0.2) is 47.9 Å². The smallest absolute Gasteiger partial charge is 0.382 e.